The van der Waals surface area contributed by atoms with Gasteiger partial charge in [0, 0.05) is 6.54 Å². The van der Waals surface area contributed by atoms with Crippen molar-refractivity contribution in [3.63, 3.8) is 0 Å². The molecule has 0 saturated heterocycles. The smallest absolute Gasteiger partial charge is 0.324 e. The van der Waals surface area contributed by atoms with Crippen molar-refractivity contribution >= 4 is 50.7 Å². The highest BCUT2D eigenvalue weighted by atomic mass is 79.9. The van der Waals surface area contributed by atoms with E-state index in [4.69, 9.17) is 39.9 Å². The van der Waals surface area contributed by atoms with Gasteiger partial charge in [-0.05, 0) is 15.9 Å². The second-order valence-corrected chi connectivity index (χ2v) is 4.53. The molecular formula is C6H6BrCl3N2O3. The Hall–Kier alpha value is -0.0100. The summed E-state index contributed by atoms with van der Waals surface area (Å²) >= 11 is 19.4. The minimum absolute atomic E-state index is 0.0697. The molecule has 0 rings (SSSR count). The number of hydrogen-bond acceptors (Lipinski definition) is 4. The first kappa shape index (κ1) is 15.0. The second-order valence-electron chi connectivity index (χ2n) is 2.14. The Kier molecular flexibility index (Phi) is 7.29. The molecule has 0 atom stereocenters. The van der Waals surface area contributed by atoms with E-state index in [9.17, 15) is 10.1 Å². The molecular weight excluding hydrogens is 334 g/mol. The number of aliphatic hydroxyl groups is 1. The van der Waals surface area contributed by atoms with Crippen LogP contribution in [0.5, 0.6) is 0 Å². The quantitative estimate of drug-likeness (QED) is 0.348. The Balaban J connectivity index is 5.12. The first-order valence-electron chi connectivity index (χ1n) is 3.51. The number of halogens is 4. The monoisotopic (exact) mass is 338 g/mol. The van der Waals surface area contributed by atoms with Crippen molar-refractivity contribution < 1.29 is 10.0 Å². The summed E-state index contributed by atoms with van der Waals surface area (Å²) in [7, 11) is 0. The van der Waals surface area contributed by atoms with Crippen LogP contribution in [0.2, 0.25) is 0 Å². The Morgan fingerprint density at radius 2 is 2.00 bits per heavy atom. The topological polar surface area (TPSA) is 75.4 Å². The SMILES string of the molecule is O=[N+]([O-])C(=C(Cl)NCCO)/C(Cl)=C(/Cl)Br. The molecule has 0 fully saturated rings. The zero-order chi connectivity index (χ0) is 12.0. The third kappa shape index (κ3) is 5.03. The average Bonchev–Trinajstić information content (AvgIpc) is 2.14. The van der Waals surface area contributed by atoms with Gasteiger partial charge in [0.2, 0.25) is 0 Å². The van der Waals surface area contributed by atoms with E-state index in [1.54, 1.807) is 0 Å². The first-order chi connectivity index (χ1) is 6.91. The highest BCUT2D eigenvalue weighted by Gasteiger charge is 2.23. The molecule has 0 aliphatic carbocycles. The Morgan fingerprint density at radius 1 is 1.47 bits per heavy atom. The Morgan fingerprint density at radius 3 is 2.33 bits per heavy atom. The standard InChI is InChI=1S/C6H6BrCl3N2O3/c7-5(9)3(8)4(12(14)15)6(10)11-1-2-13/h11,13H,1-2H2/b5-3-,6-4?. The molecule has 0 saturated carbocycles. The fourth-order valence-electron chi connectivity index (χ4n) is 0.596. The van der Waals surface area contributed by atoms with Gasteiger partial charge in [-0.2, -0.15) is 0 Å². The van der Waals surface area contributed by atoms with Crippen molar-refractivity contribution in [3.8, 4) is 0 Å². The number of hydrogen-bond donors (Lipinski definition) is 2. The molecule has 2 N–H and O–H groups in total. The fraction of sp³-hybridized carbons (Fsp3) is 0.333. The molecule has 0 bridgehead atoms. The van der Waals surface area contributed by atoms with Gasteiger partial charge in [0.1, 0.15) is 8.97 Å². The maximum atomic E-state index is 10.6. The lowest BCUT2D eigenvalue weighted by molar-refractivity contribution is -0.420. The lowest BCUT2D eigenvalue weighted by atomic mass is 10.4. The summed E-state index contributed by atoms with van der Waals surface area (Å²) in [4.78, 5) is 9.83. The maximum absolute atomic E-state index is 10.6. The van der Waals surface area contributed by atoms with E-state index >= 15 is 0 Å². The molecule has 0 aromatic rings. The molecule has 86 valence electrons. The van der Waals surface area contributed by atoms with Gasteiger partial charge in [-0.25, -0.2) is 0 Å². The van der Waals surface area contributed by atoms with Crippen LogP contribution in [0.1, 0.15) is 0 Å². The van der Waals surface area contributed by atoms with Crippen molar-refractivity contribution in [1.82, 2.24) is 5.32 Å². The lowest BCUT2D eigenvalue weighted by Crippen LogP contribution is -2.18. The van der Waals surface area contributed by atoms with Crippen molar-refractivity contribution in [2.75, 3.05) is 13.2 Å². The van der Waals surface area contributed by atoms with Gasteiger partial charge in [0.25, 0.3) is 0 Å². The van der Waals surface area contributed by atoms with Crippen LogP contribution in [0.25, 0.3) is 0 Å². The molecule has 5 nitrogen and oxygen atoms in total. The number of nitrogens with one attached hydrogen (secondary N) is 1. The summed E-state index contributed by atoms with van der Waals surface area (Å²) in [6, 6.07) is 0. The molecule has 0 aliphatic rings. The minimum Gasteiger partial charge on any atom is -0.395 e. The van der Waals surface area contributed by atoms with Crippen LogP contribution in [0.4, 0.5) is 0 Å². The number of allylic oxidation sites excluding steroid dienone is 1. The van der Waals surface area contributed by atoms with E-state index in [0.29, 0.717) is 0 Å². The summed E-state index contributed by atoms with van der Waals surface area (Å²) < 4.78 is -0.125. The van der Waals surface area contributed by atoms with E-state index in [2.05, 4.69) is 21.2 Å². The molecule has 0 aliphatic heterocycles. The van der Waals surface area contributed by atoms with E-state index in [-0.39, 0.29) is 27.3 Å². The highest BCUT2D eigenvalue weighted by Crippen LogP contribution is 2.29. The van der Waals surface area contributed by atoms with Crippen LogP contribution in [-0.2, 0) is 0 Å². The molecule has 0 aromatic heterocycles. The van der Waals surface area contributed by atoms with Crippen molar-refractivity contribution in [1.29, 1.82) is 0 Å². The zero-order valence-electron chi connectivity index (χ0n) is 7.14. The van der Waals surface area contributed by atoms with Crippen LogP contribution in [0.15, 0.2) is 19.8 Å². The molecule has 15 heavy (non-hydrogen) atoms. The average molecular weight is 340 g/mol. The summed E-state index contributed by atoms with van der Waals surface area (Å²) in [5, 5.41) is 20.9. The first-order valence-corrected chi connectivity index (χ1v) is 5.44. The van der Waals surface area contributed by atoms with Crippen LogP contribution < -0.4 is 5.32 Å². The zero-order valence-corrected chi connectivity index (χ0v) is 11.0. The number of rotatable bonds is 5. The highest BCUT2D eigenvalue weighted by molar-refractivity contribution is 9.12. The summed E-state index contributed by atoms with van der Waals surface area (Å²) in [5.41, 5.74) is -0.561. The van der Waals surface area contributed by atoms with E-state index in [1.165, 1.54) is 0 Å². The predicted molar refractivity (Wildman–Crippen MR) is 62.6 cm³/mol. The molecule has 9 heteroatoms. The third-order valence-electron chi connectivity index (χ3n) is 1.16. The van der Waals surface area contributed by atoms with Crippen LogP contribution >= 0.6 is 50.7 Å². The molecule has 0 spiro atoms. The largest absolute Gasteiger partial charge is 0.395 e. The summed E-state index contributed by atoms with van der Waals surface area (Å²) in [6.45, 7) is -0.148. The van der Waals surface area contributed by atoms with Gasteiger partial charge >= 0.3 is 5.70 Å². The normalized spacial score (nSPS) is 14.2. The van der Waals surface area contributed by atoms with Gasteiger partial charge < -0.3 is 10.4 Å². The number of nitrogens with zero attached hydrogens (tertiary/aromatic N) is 1. The number of aliphatic hydroxyl groups excluding tert-OH is 1. The van der Waals surface area contributed by atoms with Crippen LogP contribution in [-0.4, -0.2) is 23.2 Å². The number of nitro groups is 1. The van der Waals surface area contributed by atoms with E-state index in [0.717, 1.165) is 0 Å². The lowest BCUT2D eigenvalue weighted by Gasteiger charge is -2.03. The second kappa shape index (κ2) is 7.29. The van der Waals surface area contributed by atoms with Gasteiger partial charge in [0.15, 0.2) is 5.16 Å². The van der Waals surface area contributed by atoms with Crippen molar-refractivity contribution in [2.45, 2.75) is 0 Å². The van der Waals surface area contributed by atoms with E-state index in [1.807, 2.05) is 0 Å². The van der Waals surface area contributed by atoms with Crippen LogP contribution in [0.3, 0.4) is 0 Å². The maximum Gasteiger partial charge on any atom is 0.324 e. The third-order valence-corrected chi connectivity index (χ3v) is 2.75. The molecule has 0 aromatic carbocycles. The molecule has 0 heterocycles. The van der Waals surface area contributed by atoms with Crippen molar-refractivity contribution in [3.05, 3.63) is 29.9 Å². The summed E-state index contributed by atoms with van der Waals surface area (Å²) in [6.07, 6.45) is 0. The predicted octanol–water partition coefficient (Wildman–Crippen LogP) is 2.29. The minimum atomic E-state index is -0.779. The molecule has 0 amide bonds. The van der Waals surface area contributed by atoms with Gasteiger partial charge in [-0.3, -0.25) is 10.1 Å². The van der Waals surface area contributed by atoms with Gasteiger partial charge in [-0.15, -0.1) is 0 Å². The van der Waals surface area contributed by atoms with Crippen LogP contribution in [0, 0.1) is 10.1 Å². The van der Waals surface area contributed by atoms with E-state index < -0.39 is 10.6 Å². The summed E-state index contributed by atoms with van der Waals surface area (Å²) in [5.74, 6) is 0. The molecule has 0 unspecified atom stereocenters. The van der Waals surface area contributed by atoms with Crippen molar-refractivity contribution in [2.24, 2.45) is 0 Å². The molecule has 0 radical (unpaired) electrons. The fourth-order valence-corrected chi connectivity index (χ4v) is 1.34. The Labute approximate surface area is 109 Å². The Bertz CT molecular complexity index is 315. The van der Waals surface area contributed by atoms with Gasteiger partial charge in [-0.1, -0.05) is 34.8 Å². The van der Waals surface area contributed by atoms with Gasteiger partial charge in [0.05, 0.1) is 11.5 Å².